The van der Waals surface area contributed by atoms with Crippen molar-refractivity contribution in [2.45, 2.75) is 18.9 Å². The van der Waals surface area contributed by atoms with E-state index >= 15 is 0 Å². The van der Waals surface area contributed by atoms with Crippen molar-refractivity contribution in [3.05, 3.63) is 24.0 Å². The Morgan fingerprint density at radius 2 is 2.18 bits per heavy atom. The number of aromatic hydroxyl groups is 1. The molecule has 8 heteroatoms. The normalized spacial score (nSPS) is 15.7. The first-order chi connectivity index (χ1) is 10.6. The minimum atomic E-state index is -1.01. The van der Waals surface area contributed by atoms with Crippen LogP contribution >= 0.6 is 0 Å². The van der Waals surface area contributed by atoms with Crippen molar-refractivity contribution < 1.29 is 15.0 Å². The van der Waals surface area contributed by atoms with Gasteiger partial charge in [-0.1, -0.05) is 0 Å². The average Bonchev–Trinajstić information content (AvgIpc) is 2.89. The number of fused-ring (bicyclic) bond motifs is 1. The summed E-state index contributed by atoms with van der Waals surface area (Å²) in [7, 11) is 0. The molecule has 114 valence electrons. The molecule has 0 atom stereocenters. The zero-order valence-electron chi connectivity index (χ0n) is 11.7. The van der Waals surface area contributed by atoms with E-state index in [2.05, 4.69) is 16.5 Å². The molecule has 1 fully saturated rings. The summed E-state index contributed by atoms with van der Waals surface area (Å²) >= 11 is 0. The van der Waals surface area contributed by atoms with Gasteiger partial charge in [0.25, 0.3) is 0 Å². The third kappa shape index (κ3) is 2.48. The van der Waals surface area contributed by atoms with Crippen LogP contribution in [0.1, 0.15) is 18.4 Å². The van der Waals surface area contributed by atoms with Crippen molar-refractivity contribution in [3.63, 3.8) is 0 Å². The van der Waals surface area contributed by atoms with E-state index < -0.39 is 6.09 Å². The van der Waals surface area contributed by atoms with Gasteiger partial charge in [0, 0.05) is 25.2 Å². The maximum absolute atomic E-state index is 10.7. The second-order valence-electron chi connectivity index (χ2n) is 5.26. The standard InChI is InChI=1S/C14H15N5O3/c15-6-9-7-16-19-8-11(20)5-12(13(9)19)18-3-1-10(2-4-18)17-14(21)22/h5,7-8,10,17,20H,1-4H2,(H,21,22). The smallest absolute Gasteiger partial charge is 0.404 e. The van der Waals surface area contributed by atoms with E-state index in [0.717, 1.165) is 5.69 Å². The van der Waals surface area contributed by atoms with Crippen LogP contribution < -0.4 is 10.2 Å². The topological polar surface area (TPSA) is 114 Å². The lowest BCUT2D eigenvalue weighted by molar-refractivity contribution is 0.187. The molecule has 22 heavy (non-hydrogen) atoms. The molecular formula is C14H15N5O3. The number of anilines is 1. The highest BCUT2D eigenvalue weighted by atomic mass is 16.4. The van der Waals surface area contributed by atoms with E-state index in [-0.39, 0.29) is 11.8 Å². The van der Waals surface area contributed by atoms with Gasteiger partial charge in [0.05, 0.1) is 23.6 Å². The van der Waals surface area contributed by atoms with Crippen LogP contribution in [-0.4, -0.2) is 45.1 Å². The van der Waals surface area contributed by atoms with Crippen molar-refractivity contribution in [3.8, 4) is 11.8 Å². The minimum absolute atomic E-state index is 0.0672. The Labute approximate surface area is 126 Å². The number of nitrogens with one attached hydrogen (secondary N) is 1. The van der Waals surface area contributed by atoms with E-state index in [1.54, 1.807) is 6.07 Å². The summed E-state index contributed by atoms with van der Waals surface area (Å²) in [5, 5.41) is 34.4. The van der Waals surface area contributed by atoms with Gasteiger partial charge in [-0.15, -0.1) is 0 Å². The molecule has 0 aliphatic carbocycles. The van der Waals surface area contributed by atoms with Gasteiger partial charge in [-0.2, -0.15) is 10.4 Å². The molecule has 1 saturated heterocycles. The third-order valence-corrected chi connectivity index (χ3v) is 3.86. The summed E-state index contributed by atoms with van der Waals surface area (Å²) < 4.78 is 1.49. The number of nitriles is 1. The summed E-state index contributed by atoms with van der Waals surface area (Å²) in [5.74, 6) is 0.0703. The number of pyridine rings is 1. The number of piperidine rings is 1. The molecule has 3 heterocycles. The van der Waals surface area contributed by atoms with Crippen molar-refractivity contribution >= 4 is 17.3 Å². The number of nitrogens with zero attached hydrogens (tertiary/aromatic N) is 4. The van der Waals surface area contributed by atoms with Crippen LogP contribution in [0.2, 0.25) is 0 Å². The van der Waals surface area contributed by atoms with Crippen molar-refractivity contribution in [1.29, 1.82) is 5.26 Å². The Morgan fingerprint density at radius 1 is 1.45 bits per heavy atom. The number of carboxylic acid groups (broad SMARTS) is 1. The summed E-state index contributed by atoms with van der Waals surface area (Å²) in [5.41, 5.74) is 1.84. The zero-order valence-corrected chi connectivity index (χ0v) is 11.7. The quantitative estimate of drug-likeness (QED) is 0.766. The molecule has 1 aliphatic heterocycles. The van der Waals surface area contributed by atoms with Crippen molar-refractivity contribution in [1.82, 2.24) is 14.9 Å². The molecule has 1 amide bonds. The summed E-state index contributed by atoms with van der Waals surface area (Å²) in [6, 6.07) is 3.65. The first-order valence-electron chi connectivity index (χ1n) is 6.93. The van der Waals surface area contributed by atoms with Crippen LogP contribution in [0.5, 0.6) is 5.75 Å². The van der Waals surface area contributed by atoms with E-state index in [1.165, 1.54) is 16.9 Å². The van der Waals surface area contributed by atoms with Gasteiger partial charge < -0.3 is 20.4 Å². The number of rotatable bonds is 2. The summed E-state index contributed by atoms with van der Waals surface area (Å²) in [4.78, 5) is 12.7. The molecule has 0 spiro atoms. The highest BCUT2D eigenvalue weighted by molar-refractivity contribution is 5.80. The predicted molar refractivity (Wildman–Crippen MR) is 78.0 cm³/mol. The van der Waals surface area contributed by atoms with Gasteiger partial charge >= 0.3 is 6.09 Å². The molecule has 3 N–H and O–H groups in total. The Morgan fingerprint density at radius 3 is 2.82 bits per heavy atom. The second-order valence-corrected chi connectivity index (χ2v) is 5.26. The highest BCUT2D eigenvalue weighted by Gasteiger charge is 2.23. The third-order valence-electron chi connectivity index (χ3n) is 3.86. The molecule has 0 unspecified atom stereocenters. The lowest BCUT2D eigenvalue weighted by Gasteiger charge is -2.33. The van der Waals surface area contributed by atoms with E-state index in [1.807, 2.05) is 4.90 Å². The van der Waals surface area contributed by atoms with Gasteiger partial charge in [0.1, 0.15) is 17.3 Å². The first-order valence-corrected chi connectivity index (χ1v) is 6.93. The number of carbonyl (C=O) groups is 1. The molecule has 0 aromatic carbocycles. The predicted octanol–water partition coefficient (Wildman–Crippen LogP) is 1.15. The Kier molecular flexibility index (Phi) is 3.47. The van der Waals surface area contributed by atoms with Crippen LogP contribution in [0.3, 0.4) is 0 Å². The largest absolute Gasteiger partial charge is 0.506 e. The van der Waals surface area contributed by atoms with Crippen LogP contribution in [0.4, 0.5) is 10.5 Å². The van der Waals surface area contributed by atoms with Gasteiger partial charge in [0.15, 0.2) is 0 Å². The summed E-state index contributed by atoms with van der Waals surface area (Å²) in [6.45, 7) is 1.28. The lowest BCUT2D eigenvalue weighted by atomic mass is 10.0. The van der Waals surface area contributed by atoms with Gasteiger partial charge in [0.2, 0.25) is 0 Å². The number of amides is 1. The Balaban J connectivity index is 1.90. The molecule has 0 saturated carbocycles. The Hall–Kier alpha value is -2.95. The number of aromatic nitrogens is 2. The van der Waals surface area contributed by atoms with Crippen LogP contribution in [0.25, 0.3) is 5.52 Å². The van der Waals surface area contributed by atoms with Crippen LogP contribution in [-0.2, 0) is 0 Å². The van der Waals surface area contributed by atoms with E-state index in [9.17, 15) is 15.2 Å². The first kappa shape index (κ1) is 14.0. The van der Waals surface area contributed by atoms with Gasteiger partial charge in [-0.25, -0.2) is 9.31 Å². The fourth-order valence-corrected chi connectivity index (χ4v) is 2.85. The summed E-state index contributed by atoms with van der Waals surface area (Å²) in [6.07, 6.45) is 3.25. The van der Waals surface area contributed by atoms with Crippen molar-refractivity contribution in [2.75, 3.05) is 18.0 Å². The lowest BCUT2D eigenvalue weighted by Crippen LogP contribution is -2.44. The average molecular weight is 301 g/mol. The SMILES string of the molecule is N#Cc1cnn2cc(O)cc(N3CCC(NC(=O)O)CC3)c12. The fourth-order valence-electron chi connectivity index (χ4n) is 2.85. The molecule has 3 rings (SSSR count). The molecular weight excluding hydrogens is 286 g/mol. The van der Waals surface area contributed by atoms with Crippen LogP contribution in [0.15, 0.2) is 18.5 Å². The monoisotopic (exact) mass is 301 g/mol. The highest BCUT2D eigenvalue weighted by Crippen LogP contribution is 2.30. The molecule has 2 aromatic rings. The molecule has 1 aliphatic rings. The minimum Gasteiger partial charge on any atom is -0.506 e. The van der Waals surface area contributed by atoms with Crippen LogP contribution in [0, 0.1) is 11.3 Å². The molecule has 8 nitrogen and oxygen atoms in total. The molecule has 2 aromatic heterocycles. The maximum Gasteiger partial charge on any atom is 0.404 e. The number of hydrogen-bond donors (Lipinski definition) is 3. The fraction of sp³-hybridized carbons (Fsp3) is 0.357. The maximum atomic E-state index is 10.7. The van der Waals surface area contributed by atoms with E-state index in [4.69, 9.17) is 5.11 Å². The van der Waals surface area contributed by atoms with E-state index in [0.29, 0.717) is 37.0 Å². The van der Waals surface area contributed by atoms with Gasteiger partial charge in [-0.05, 0) is 12.8 Å². The van der Waals surface area contributed by atoms with Crippen molar-refractivity contribution in [2.24, 2.45) is 0 Å². The Bertz CT molecular complexity index is 756. The number of hydrogen-bond acceptors (Lipinski definition) is 5. The molecule has 0 radical (unpaired) electrons. The zero-order chi connectivity index (χ0) is 15.7. The van der Waals surface area contributed by atoms with Gasteiger partial charge in [-0.3, -0.25) is 0 Å². The molecule has 0 bridgehead atoms. The second kappa shape index (κ2) is 5.44.